The van der Waals surface area contributed by atoms with Crippen LogP contribution in [-0.2, 0) is 4.79 Å². The molecule has 158 valence electrons. The predicted octanol–water partition coefficient (Wildman–Crippen LogP) is 4.79. The Morgan fingerprint density at radius 2 is 2.07 bits per heavy atom. The number of aromatic nitrogens is 2. The number of nitrogens with one attached hydrogen (secondary N) is 1. The van der Waals surface area contributed by atoms with Gasteiger partial charge in [-0.05, 0) is 69.1 Å². The molecule has 7 nitrogen and oxygen atoms in total. The summed E-state index contributed by atoms with van der Waals surface area (Å²) in [4.78, 5) is 28.3. The maximum Gasteiger partial charge on any atom is 0.280 e. The van der Waals surface area contributed by atoms with Gasteiger partial charge in [0.05, 0.1) is 0 Å². The highest BCUT2D eigenvalue weighted by Crippen LogP contribution is 2.32. The standard InChI is InChI=1S/C21H23ClN4O3S/c1-5-21(3,4)23-19(27)18(17-10-9-13(2)29-17)26(15-8-6-7-14(22)11-15)20(28)16-12-30-25-24-16/h6-12,18H,5H2,1-4H3,(H,23,27). The molecule has 0 radical (unpaired) electrons. The molecule has 3 aromatic rings. The Morgan fingerprint density at radius 3 is 2.63 bits per heavy atom. The van der Waals surface area contributed by atoms with E-state index in [1.165, 1.54) is 10.3 Å². The van der Waals surface area contributed by atoms with E-state index in [1.54, 1.807) is 43.3 Å². The first-order chi connectivity index (χ1) is 14.2. The molecule has 0 saturated heterocycles. The molecule has 0 aliphatic heterocycles. The van der Waals surface area contributed by atoms with Crippen LogP contribution in [-0.4, -0.2) is 26.9 Å². The van der Waals surface area contributed by atoms with Gasteiger partial charge in [-0.25, -0.2) is 0 Å². The quantitative estimate of drug-likeness (QED) is 0.563. The number of rotatable bonds is 7. The molecular formula is C21H23ClN4O3S. The largest absolute Gasteiger partial charge is 0.464 e. The van der Waals surface area contributed by atoms with Crippen LogP contribution in [0.25, 0.3) is 0 Å². The second kappa shape index (κ2) is 8.97. The number of furan rings is 1. The molecule has 0 spiro atoms. The van der Waals surface area contributed by atoms with Crippen molar-refractivity contribution < 1.29 is 14.0 Å². The normalized spacial score (nSPS) is 12.4. The van der Waals surface area contributed by atoms with Gasteiger partial charge < -0.3 is 9.73 Å². The number of hydrogen-bond acceptors (Lipinski definition) is 6. The van der Waals surface area contributed by atoms with Crippen molar-refractivity contribution in [2.45, 2.75) is 45.7 Å². The molecule has 0 fully saturated rings. The van der Waals surface area contributed by atoms with Crippen molar-refractivity contribution in [3.05, 3.63) is 64.0 Å². The molecule has 30 heavy (non-hydrogen) atoms. The Morgan fingerprint density at radius 1 is 1.30 bits per heavy atom. The minimum Gasteiger partial charge on any atom is -0.464 e. The average molecular weight is 447 g/mol. The van der Waals surface area contributed by atoms with E-state index in [0.717, 1.165) is 11.5 Å². The average Bonchev–Trinajstić information content (AvgIpc) is 3.37. The topological polar surface area (TPSA) is 88.3 Å². The molecular weight excluding hydrogens is 424 g/mol. The van der Waals surface area contributed by atoms with Gasteiger partial charge in [-0.3, -0.25) is 14.5 Å². The Balaban J connectivity index is 2.15. The lowest BCUT2D eigenvalue weighted by molar-refractivity contribution is -0.124. The molecule has 1 unspecified atom stereocenters. The van der Waals surface area contributed by atoms with E-state index >= 15 is 0 Å². The van der Waals surface area contributed by atoms with Crippen molar-refractivity contribution in [1.82, 2.24) is 14.9 Å². The molecule has 0 bridgehead atoms. The minimum absolute atomic E-state index is 0.135. The second-order valence-electron chi connectivity index (χ2n) is 7.52. The smallest absolute Gasteiger partial charge is 0.280 e. The van der Waals surface area contributed by atoms with Crippen LogP contribution in [0.3, 0.4) is 0 Å². The van der Waals surface area contributed by atoms with E-state index in [2.05, 4.69) is 14.9 Å². The fourth-order valence-corrected chi connectivity index (χ4v) is 3.47. The molecule has 2 heterocycles. The predicted molar refractivity (Wildman–Crippen MR) is 117 cm³/mol. The first kappa shape index (κ1) is 22.0. The summed E-state index contributed by atoms with van der Waals surface area (Å²) in [7, 11) is 0. The fourth-order valence-electron chi connectivity index (χ4n) is 2.86. The van der Waals surface area contributed by atoms with Crippen LogP contribution >= 0.6 is 23.1 Å². The zero-order valence-corrected chi connectivity index (χ0v) is 18.8. The van der Waals surface area contributed by atoms with Crippen LogP contribution in [0.2, 0.25) is 5.02 Å². The van der Waals surface area contributed by atoms with Gasteiger partial charge in [0, 0.05) is 21.6 Å². The van der Waals surface area contributed by atoms with Crippen molar-refractivity contribution in [3.63, 3.8) is 0 Å². The number of aryl methyl sites for hydroxylation is 1. The van der Waals surface area contributed by atoms with Crippen molar-refractivity contribution in [1.29, 1.82) is 0 Å². The van der Waals surface area contributed by atoms with Gasteiger partial charge in [0.25, 0.3) is 11.8 Å². The summed E-state index contributed by atoms with van der Waals surface area (Å²) < 4.78 is 9.58. The molecule has 1 atom stereocenters. The number of halogens is 1. The van der Waals surface area contributed by atoms with Crippen LogP contribution in [0.1, 0.15) is 55.2 Å². The number of hydrogen-bond donors (Lipinski definition) is 1. The van der Waals surface area contributed by atoms with Gasteiger partial charge in [-0.15, -0.1) is 5.10 Å². The summed E-state index contributed by atoms with van der Waals surface area (Å²) in [6.07, 6.45) is 0.712. The monoisotopic (exact) mass is 446 g/mol. The highest BCUT2D eigenvalue weighted by atomic mass is 35.5. The maximum absolute atomic E-state index is 13.5. The number of benzene rings is 1. The lowest BCUT2D eigenvalue weighted by atomic mass is 10.0. The summed E-state index contributed by atoms with van der Waals surface area (Å²) >= 11 is 7.25. The van der Waals surface area contributed by atoms with Crippen LogP contribution in [0, 0.1) is 6.92 Å². The second-order valence-corrected chi connectivity index (χ2v) is 8.57. The first-order valence-electron chi connectivity index (χ1n) is 9.46. The lowest BCUT2D eigenvalue weighted by Gasteiger charge is -2.33. The van der Waals surface area contributed by atoms with Crippen molar-refractivity contribution >= 4 is 40.6 Å². The third-order valence-corrected chi connectivity index (χ3v) is 5.51. The minimum atomic E-state index is -1.06. The molecule has 1 aromatic carbocycles. The Bertz CT molecular complexity index is 1030. The Kier molecular flexibility index (Phi) is 6.58. The van der Waals surface area contributed by atoms with Gasteiger partial charge in [-0.1, -0.05) is 29.1 Å². The number of amides is 2. The summed E-state index contributed by atoms with van der Waals surface area (Å²) in [6.45, 7) is 7.61. The van der Waals surface area contributed by atoms with E-state index in [4.69, 9.17) is 16.0 Å². The van der Waals surface area contributed by atoms with Gasteiger partial charge in [-0.2, -0.15) is 0 Å². The number of nitrogens with zero attached hydrogens (tertiary/aromatic N) is 3. The molecule has 2 amide bonds. The zero-order chi connectivity index (χ0) is 21.9. The Labute approximate surface area is 184 Å². The molecule has 1 N–H and O–H groups in total. The summed E-state index contributed by atoms with van der Waals surface area (Å²) in [5.41, 5.74) is 0.113. The molecule has 0 aliphatic rings. The van der Waals surface area contributed by atoms with E-state index in [-0.39, 0.29) is 11.6 Å². The van der Waals surface area contributed by atoms with E-state index < -0.39 is 17.5 Å². The van der Waals surface area contributed by atoms with Gasteiger partial charge in [0.15, 0.2) is 11.7 Å². The molecule has 0 saturated carbocycles. The van der Waals surface area contributed by atoms with Crippen LogP contribution in [0.15, 0.2) is 46.2 Å². The molecule has 0 aliphatic carbocycles. The summed E-state index contributed by atoms with van der Waals surface area (Å²) in [6, 6.07) is 9.15. The first-order valence-corrected chi connectivity index (χ1v) is 10.7. The van der Waals surface area contributed by atoms with E-state index in [1.807, 2.05) is 20.8 Å². The van der Waals surface area contributed by atoms with Crippen molar-refractivity contribution in [3.8, 4) is 0 Å². The van der Waals surface area contributed by atoms with E-state index in [9.17, 15) is 9.59 Å². The SMILES string of the molecule is CCC(C)(C)NC(=O)C(c1ccc(C)o1)N(C(=O)c1csnn1)c1cccc(Cl)c1. The molecule has 2 aromatic heterocycles. The van der Waals surface area contributed by atoms with Gasteiger partial charge in [0.1, 0.15) is 11.5 Å². The van der Waals surface area contributed by atoms with Gasteiger partial charge in [0.2, 0.25) is 0 Å². The summed E-state index contributed by atoms with van der Waals surface area (Å²) in [5, 5.41) is 8.89. The van der Waals surface area contributed by atoms with E-state index in [0.29, 0.717) is 28.7 Å². The van der Waals surface area contributed by atoms with Gasteiger partial charge >= 0.3 is 0 Å². The van der Waals surface area contributed by atoms with Crippen LogP contribution < -0.4 is 10.2 Å². The highest BCUT2D eigenvalue weighted by Gasteiger charge is 2.38. The van der Waals surface area contributed by atoms with Crippen LogP contribution in [0.5, 0.6) is 0 Å². The summed E-state index contributed by atoms with van der Waals surface area (Å²) in [5.74, 6) is 0.127. The highest BCUT2D eigenvalue weighted by molar-refractivity contribution is 7.03. The maximum atomic E-state index is 13.5. The number of carbonyl (C=O) groups excluding carboxylic acids is 2. The van der Waals surface area contributed by atoms with Crippen molar-refractivity contribution in [2.75, 3.05) is 4.90 Å². The van der Waals surface area contributed by atoms with Crippen molar-refractivity contribution in [2.24, 2.45) is 0 Å². The Hall–Kier alpha value is -2.71. The third kappa shape index (κ3) is 4.88. The molecule has 9 heteroatoms. The third-order valence-electron chi connectivity index (χ3n) is 4.77. The molecule has 3 rings (SSSR count). The fraction of sp³-hybridized carbons (Fsp3) is 0.333. The lowest BCUT2D eigenvalue weighted by Crippen LogP contribution is -2.50. The zero-order valence-electron chi connectivity index (χ0n) is 17.2. The van der Waals surface area contributed by atoms with Crippen LogP contribution in [0.4, 0.5) is 5.69 Å². The number of carbonyl (C=O) groups is 2. The number of anilines is 1.